The summed E-state index contributed by atoms with van der Waals surface area (Å²) in [5, 5.41) is 8.25. The number of likely N-dealkylation sites (N-methyl/N-ethyl adjacent to an activating group) is 1. The van der Waals surface area contributed by atoms with Gasteiger partial charge < -0.3 is 44.6 Å². The summed E-state index contributed by atoms with van der Waals surface area (Å²) in [6.45, 7) is 17.0. The van der Waals surface area contributed by atoms with E-state index in [9.17, 15) is 28.8 Å². The molecule has 4 amide bonds. The molecule has 3 N–H and O–H groups in total. The minimum Gasteiger partial charge on any atom is -0.493 e. The second-order valence-corrected chi connectivity index (χ2v) is 21.4. The van der Waals surface area contributed by atoms with E-state index in [0.29, 0.717) is 65.1 Å². The lowest BCUT2D eigenvalue weighted by Crippen LogP contribution is -2.43. The Hall–Kier alpha value is -7.03. The molecule has 15 heteroatoms. The van der Waals surface area contributed by atoms with Gasteiger partial charge in [0.15, 0.2) is 11.6 Å². The molecule has 15 nitrogen and oxygen atoms in total. The van der Waals surface area contributed by atoms with E-state index in [0.717, 1.165) is 30.4 Å². The summed E-state index contributed by atoms with van der Waals surface area (Å²) in [6, 6.07) is 24.1. The number of nitrogens with zero attached hydrogens (tertiary/aromatic N) is 1. The molecule has 0 aliphatic carbocycles. The van der Waals surface area contributed by atoms with Crippen molar-refractivity contribution in [2.75, 3.05) is 33.4 Å². The van der Waals surface area contributed by atoms with Crippen LogP contribution >= 0.6 is 0 Å². The first-order valence-electron chi connectivity index (χ1n) is 26.3. The third kappa shape index (κ3) is 18.1. The number of rotatable bonds is 21. The number of nitrogens with one attached hydrogen (secondary N) is 3. The van der Waals surface area contributed by atoms with Gasteiger partial charge in [0.25, 0.3) is 0 Å². The monoisotopic (exact) mass is 1030 g/mol. The molecule has 0 radical (unpaired) electrons. The lowest BCUT2D eigenvalue weighted by Gasteiger charge is -2.32. The molecule has 0 saturated heterocycles. The van der Waals surface area contributed by atoms with Gasteiger partial charge in [-0.3, -0.25) is 19.2 Å². The standard InChI is InChI=1S/C60H78N4O11/c1-11-13-15-40-17-20-42(21-18-40)43-22-24-44(25-23-43)50(66)37-46(16-14-29-61-57(70)74-59(4,5)6)56(69)64(10)54-45-26-28-53(72-31-12-2)49(36-45)48-35-41(34-47(38-65)63-55(68)39(3)33-51(54)67)19-27-52(48)73-32-30-62-58(71)75-60(7,8)9/h17-28,35-36,38-39,46-47,54H,11-16,29-34,37H2,1-10H3,(H,61,70)(H,62,71)(H,63,68)/t39-,46-,47+,54+/m1/s1. The van der Waals surface area contributed by atoms with Gasteiger partial charge >= 0.3 is 12.2 Å². The van der Waals surface area contributed by atoms with E-state index in [1.165, 1.54) is 17.5 Å². The van der Waals surface area contributed by atoms with Gasteiger partial charge in [-0.2, -0.15) is 0 Å². The molecule has 1 aliphatic heterocycles. The highest BCUT2D eigenvalue weighted by Gasteiger charge is 2.36. The number of hydrogen-bond donors (Lipinski definition) is 3. The number of aldehydes is 1. The van der Waals surface area contributed by atoms with Crippen molar-refractivity contribution in [1.29, 1.82) is 0 Å². The van der Waals surface area contributed by atoms with Crippen LogP contribution < -0.4 is 25.4 Å². The molecule has 404 valence electrons. The highest BCUT2D eigenvalue weighted by Crippen LogP contribution is 2.41. The first-order valence-corrected chi connectivity index (χ1v) is 26.3. The maximum Gasteiger partial charge on any atom is 0.407 e. The van der Waals surface area contributed by atoms with Crippen LogP contribution in [-0.2, 0) is 41.5 Å². The molecule has 4 aromatic carbocycles. The number of carbonyl (C=O) groups excluding carboxylic acids is 7. The lowest BCUT2D eigenvalue weighted by molar-refractivity contribution is -0.142. The molecule has 0 saturated carbocycles. The molecule has 1 aliphatic rings. The molecule has 0 unspecified atom stereocenters. The molecular formula is C60H78N4O11. The van der Waals surface area contributed by atoms with Crippen LogP contribution in [0.1, 0.15) is 140 Å². The average molecular weight is 1030 g/mol. The summed E-state index contributed by atoms with van der Waals surface area (Å²) in [5.74, 6) is -2.70. The van der Waals surface area contributed by atoms with Gasteiger partial charge in [0.05, 0.1) is 19.2 Å². The van der Waals surface area contributed by atoms with Gasteiger partial charge in [-0.25, -0.2) is 9.59 Å². The Morgan fingerprint density at radius 1 is 0.733 bits per heavy atom. The van der Waals surface area contributed by atoms with Crippen LogP contribution in [0.15, 0.2) is 84.9 Å². The zero-order chi connectivity index (χ0) is 54.9. The minimum atomic E-state index is -1.26. The summed E-state index contributed by atoms with van der Waals surface area (Å²) < 4.78 is 23.5. The Balaban J connectivity index is 1.54. The Labute approximate surface area is 443 Å². The van der Waals surface area contributed by atoms with Crippen LogP contribution in [0.4, 0.5) is 9.59 Å². The van der Waals surface area contributed by atoms with E-state index in [1.807, 2.05) is 25.1 Å². The van der Waals surface area contributed by atoms with Crippen LogP contribution in [0.5, 0.6) is 11.5 Å². The summed E-state index contributed by atoms with van der Waals surface area (Å²) in [7, 11) is 1.52. The van der Waals surface area contributed by atoms with E-state index in [-0.39, 0.29) is 51.2 Å². The average Bonchev–Trinajstić information content (AvgIpc) is 3.36. The number of hydrogen-bond acceptors (Lipinski definition) is 11. The normalized spacial score (nSPS) is 16.3. The largest absolute Gasteiger partial charge is 0.493 e. The number of benzene rings is 4. The van der Waals surface area contributed by atoms with Crippen LogP contribution in [0, 0.1) is 11.8 Å². The zero-order valence-electron chi connectivity index (χ0n) is 45.6. The predicted molar refractivity (Wildman–Crippen MR) is 290 cm³/mol. The van der Waals surface area contributed by atoms with Crippen LogP contribution in [0.3, 0.4) is 0 Å². The number of aryl methyl sites for hydroxylation is 1. The number of fused-ring (bicyclic) bond motifs is 5. The van der Waals surface area contributed by atoms with Crippen molar-refractivity contribution in [3.05, 3.63) is 107 Å². The minimum absolute atomic E-state index is 0.0459. The van der Waals surface area contributed by atoms with Gasteiger partial charge in [-0.05, 0) is 132 Å². The number of ether oxygens (including phenoxy) is 4. The van der Waals surface area contributed by atoms with Crippen molar-refractivity contribution in [1.82, 2.24) is 20.9 Å². The lowest BCUT2D eigenvalue weighted by atomic mass is 9.88. The first-order chi connectivity index (χ1) is 35.6. The Kier molecular flexibility index (Phi) is 21.6. The number of alkyl carbamates (subject to hydrolysis) is 2. The Bertz CT molecular complexity index is 2600. The van der Waals surface area contributed by atoms with Gasteiger partial charge in [-0.1, -0.05) is 87.9 Å². The van der Waals surface area contributed by atoms with Crippen molar-refractivity contribution < 1.29 is 52.5 Å². The molecule has 5 rings (SSSR count). The number of unbranched alkanes of at least 4 members (excludes halogenated alkanes) is 1. The summed E-state index contributed by atoms with van der Waals surface area (Å²) >= 11 is 0. The molecular weight excluding hydrogens is 953 g/mol. The van der Waals surface area contributed by atoms with Crippen molar-refractivity contribution in [2.24, 2.45) is 11.8 Å². The van der Waals surface area contributed by atoms with Crippen molar-refractivity contribution in [2.45, 2.75) is 143 Å². The highest BCUT2D eigenvalue weighted by molar-refractivity contribution is 6.00. The summed E-state index contributed by atoms with van der Waals surface area (Å²) in [5.41, 5.74) is 4.39. The van der Waals surface area contributed by atoms with Crippen molar-refractivity contribution >= 4 is 41.9 Å². The fourth-order valence-electron chi connectivity index (χ4n) is 8.79. The van der Waals surface area contributed by atoms with Crippen molar-refractivity contribution in [3.63, 3.8) is 0 Å². The van der Waals surface area contributed by atoms with E-state index < -0.39 is 64.9 Å². The molecule has 4 atom stereocenters. The Morgan fingerprint density at radius 3 is 1.92 bits per heavy atom. The maximum absolute atomic E-state index is 15.2. The van der Waals surface area contributed by atoms with E-state index in [4.69, 9.17) is 18.9 Å². The fourth-order valence-corrected chi connectivity index (χ4v) is 8.79. The number of carbonyl (C=O) groups is 7. The summed E-state index contributed by atoms with van der Waals surface area (Å²) in [4.78, 5) is 97.0. The Morgan fingerprint density at radius 2 is 1.32 bits per heavy atom. The topological polar surface area (TPSA) is 196 Å². The first kappa shape index (κ1) is 58.9. The number of ketones is 2. The molecule has 0 spiro atoms. The maximum atomic E-state index is 15.2. The van der Waals surface area contributed by atoms with Gasteiger partial charge in [0.1, 0.15) is 41.6 Å². The third-order valence-electron chi connectivity index (χ3n) is 12.6. The van der Waals surface area contributed by atoms with Crippen LogP contribution in [0.25, 0.3) is 22.3 Å². The van der Waals surface area contributed by atoms with E-state index >= 15 is 4.79 Å². The SMILES string of the molecule is CCCCc1ccc(-c2ccc(C(=O)C[C@@H](CCCNC(=O)OC(C)(C)C)C(=O)N(C)[C@@H]3C(=O)C[C@@H](C)C(=O)N[C@H](C=O)Cc4ccc(OCCNC(=O)OC(C)(C)C)c(c4)-c4cc3ccc4OCCC)cc2)cc1. The van der Waals surface area contributed by atoms with Gasteiger partial charge in [-0.15, -0.1) is 0 Å². The predicted octanol–water partition coefficient (Wildman–Crippen LogP) is 10.6. The third-order valence-corrected chi connectivity index (χ3v) is 12.6. The highest BCUT2D eigenvalue weighted by atomic mass is 16.6. The number of amides is 4. The molecule has 75 heavy (non-hydrogen) atoms. The zero-order valence-corrected chi connectivity index (χ0v) is 45.6. The molecule has 0 aromatic heterocycles. The smallest absolute Gasteiger partial charge is 0.407 e. The summed E-state index contributed by atoms with van der Waals surface area (Å²) in [6.07, 6.45) is 3.49. The molecule has 4 aromatic rings. The second-order valence-electron chi connectivity index (χ2n) is 21.4. The molecule has 0 fully saturated rings. The van der Waals surface area contributed by atoms with E-state index in [1.54, 1.807) is 90.9 Å². The fraction of sp³-hybridized carbons (Fsp3) is 0.483. The van der Waals surface area contributed by atoms with Crippen LogP contribution in [-0.4, -0.2) is 97.3 Å². The molecule has 4 bridgehead atoms. The van der Waals surface area contributed by atoms with Crippen LogP contribution in [0.2, 0.25) is 0 Å². The van der Waals surface area contributed by atoms with Crippen molar-refractivity contribution in [3.8, 4) is 33.8 Å². The second kappa shape index (κ2) is 27.5. The quantitative estimate of drug-likeness (QED) is 0.0408. The van der Waals surface area contributed by atoms with Gasteiger partial charge in [0.2, 0.25) is 11.8 Å². The van der Waals surface area contributed by atoms with E-state index in [2.05, 4.69) is 47.1 Å². The van der Waals surface area contributed by atoms with Gasteiger partial charge in [0, 0.05) is 55.0 Å². The number of Topliss-reactive ketones (excluding diaryl/α,β-unsaturated/α-hetero) is 2. The molecule has 1 heterocycles.